The van der Waals surface area contributed by atoms with Crippen LogP contribution in [-0.2, 0) is 0 Å². The van der Waals surface area contributed by atoms with Crippen LogP contribution in [0.15, 0.2) is 12.3 Å². The van der Waals surface area contributed by atoms with Crippen LogP contribution in [0.1, 0.15) is 22.8 Å². The number of pyridine rings is 1. The number of ketones is 1. The van der Waals surface area contributed by atoms with E-state index in [2.05, 4.69) is 4.98 Å². The molecule has 66 valence electrons. The average molecular weight is 206 g/mol. The van der Waals surface area contributed by atoms with E-state index in [9.17, 15) is 4.79 Å². The Balaban J connectivity index is 0.00000121. The minimum atomic E-state index is 0. The highest BCUT2D eigenvalue weighted by Gasteiger charge is 2.03. The highest BCUT2D eigenvalue weighted by atomic mass is 35.5. The van der Waals surface area contributed by atoms with Crippen LogP contribution in [0, 0.1) is 6.92 Å². The molecule has 0 amide bonds. The molecular weight excluding hydrogens is 197 g/mol. The molecule has 0 aromatic carbocycles. The molecule has 1 heterocycles. The first-order valence-corrected chi connectivity index (χ1v) is 3.62. The lowest BCUT2D eigenvalue weighted by molar-refractivity contribution is 0.101. The molecule has 12 heavy (non-hydrogen) atoms. The van der Waals surface area contributed by atoms with Gasteiger partial charge in [-0.1, -0.05) is 11.6 Å². The van der Waals surface area contributed by atoms with Gasteiger partial charge in [-0.15, -0.1) is 12.4 Å². The second-order valence-corrected chi connectivity index (χ2v) is 2.77. The Kier molecular flexibility index (Phi) is 4.21. The molecule has 1 rings (SSSR count). The third-order valence-corrected chi connectivity index (χ3v) is 1.66. The number of hydrogen-bond acceptors (Lipinski definition) is 2. The molecule has 0 aliphatic carbocycles. The highest BCUT2D eigenvalue weighted by Crippen LogP contribution is 2.11. The molecule has 0 saturated carbocycles. The van der Waals surface area contributed by atoms with Crippen LogP contribution in [0.2, 0.25) is 5.15 Å². The molecule has 4 heteroatoms. The molecule has 0 fully saturated rings. The Hall–Kier alpha value is -0.600. The summed E-state index contributed by atoms with van der Waals surface area (Å²) in [5.41, 5.74) is 1.51. The second kappa shape index (κ2) is 4.43. The molecule has 0 atom stereocenters. The summed E-state index contributed by atoms with van der Waals surface area (Å²) in [5.74, 6) is 0.0201. The van der Waals surface area contributed by atoms with Crippen molar-refractivity contribution in [1.82, 2.24) is 4.98 Å². The van der Waals surface area contributed by atoms with Crippen LogP contribution in [0.5, 0.6) is 0 Å². The van der Waals surface area contributed by atoms with Crippen molar-refractivity contribution in [2.75, 3.05) is 0 Å². The first-order chi connectivity index (χ1) is 5.11. The van der Waals surface area contributed by atoms with E-state index in [1.165, 1.54) is 13.1 Å². The Labute approximate surface area is 82.4 Å². The van der Waals surface area contributed by atoms with Crippen molar-refractivity contribution in [1.29, 1.82) is 0 Å². The number of halogens is 2. The van der Waals surface area contributed by atoms with Crippen LogP contribution in [-0.4, -0.2) is 10.8 Å². The molecule has 2 nitrogen and oxygen atoms in total. The lowest BCUT2D eigenvalue weighted by atomic mass is 10.1. The van der Waals surface area contributed by atoms with E-state index in [-0.39, 0.29) is 18.2 Å². The van der Waals surface area contributed by atoms with Crippen molar-refractivity contribution in [3.63, 3.8) is 0 Å². The van der Waals surface area contributed by atoms with Crippen LogP contribution >= 0.6 is 24.0 Å². The van der Waals surface area contributed by atoms with Crippen LogP contribution in [0.3, 0.4) is 0 Å². The molecule has 0 radical (unpaired) electrons. The minimum absolute atomic E-state index is 0. The summed E-state index contributed by atoms with van der Waals surface area (Å²) in [7, 11) is 0. The quantitative estimate of drug-likeness (QED) is 0.522. The van der Waals surface area contributed by atoms with Crippen molar-refractivity contribution < 1.29 is 4.79 Å². The predicted molar refractivity (Wildman–Crippen MR) is 51.2 cm³/mol. The predicted octanol–water partition coefficient (Wildman–Crippen LogP) is 2.67. The molecule has 0 aliphatic heterocycles. The second-order valence-electron chi connectivity index (χ2n) is 2.38. The third kappa shape index (κ3) is 2.47. The van der Waals surface area contributed by atoms with E-state index < -0.39 is 0 Å². The summed E-state index contributed by atoms with van der Waals surface area (Å²) in [6, 6.07) is 1.68. The maximum Gasteiger partial charge on any atom is 0.161 e. The lowest BCUT2D eigenvalue weighted by Crippen LogP contribution is -1.96. The van der Waals surface area contributed by atoms with E-state index in [4.69, 9.17) is 11.6 Å². The number of carbonyl (C=O) groups is 1. The summed E-state index contributed by atoms with van der Waals surface area (Å²) in [4.78, 5) is 14.7. The average Bonchev–Trinajstić information content (AvgIpc) is 1.85. The van der Waals surface area contributed by atoms with E-state index >= 15 is 0 Å². The number of nitrogens with zero attached hydrogens (tertiary/aromatic N) is 1. The van der Waals surface area contributed by atoms with Gasteiger partial charge in [-0.05, 0) is 25.5 Å². The van der Waals surface area contributed by atoms with E-state index in [1.807, 2.05) is 6.92 Å². The fourth-order valence-electron chi connectivity index (χ4n) is 0.890. The summed E-state index contributed by atoms with van der Waals surface area (Å²) >= 11 is 5.60. The first kappa shape index (κ1) is 11.4. The maximum atomic E-state index is 10.9. The first-order valence-electron chi connectivity index (χ1n) is 3.24. The van der Waals surface area contributed by atoms with Gasteiger partial charge in [-0.2, -0.15) is 0 Å². The molecule has 0 unspecified atom stereocenters. The zero-order valence-electron chi connectivity index (χ0n) is 6.80. The van der Waals surface area contributed by atoms with Gasteiger partial charge >= 0.3 is 0 Å². The molecule has 1 aromatic rings. The largest absolute Gasteiger partial charge is 0.294 e. The fourth-order valence-corrected chi connectivity index (χ4v) is 1.10. The lowest BCUT2D eigenvalue weighted by Gasteiger charge is -1.99. The number of rotatable bonds is 1. The van der Waals surface area contributed by atoms with Gasteiger partial charge in [0.25, 0.3) is 0 Å². The van der Waals surface area contributed by atoms with Crippen LogP contribution in [0.25, 0.3) is 0 Å². The molecule has 0 N–H and O–H groups in total. The maximum absolute atomic E-state index is 10.9. The number of Topliss-reactive ketones (excluding diaryl/α,β-unsaturated/α-hetero) is 1. The topological polar surface area (TPSA) is 30.0 Å². The van der Waals surface area contributed by atoms with Crippen molar-refractivity contribution >= 4 is 29.8 Å². The van der Waals surface area contributed by atoms with Gasteiger partial charge in [0.2, 0.25) is 0 Å². The van der Waals surface area contributed by atoms with Gasteiger partial charge in [0, 0.05) is 11.8 Å². The van der Waals surface area contributed by atoms with Gasteiger partial charge < -0.3 is 0 Å². The standard InChI is InChI=1S/C8H8ClNO.ClH/c1-5-3-8(9)10-4-7(5)6(2)11;/h3-4H,1-2H3;1H. The third-order valence-electron chi connectivity index (χ3n) is 1.46. The molecule has 0 aliphatic rings. The molecule has 0 bridgehead atoms. The normalized spacial score (nSPS) is 8.92. The SMILES string of the molecule is CC(=O)c1cnc(Cl)cc1C.Cl. The Bertz CT molecular complexity index is 299. The van der Waals surface area contributed by atoms with E-state index in [0.717, 1.165) is 5.56 Å². The Morgan fingerprint density at radius 1 is 1.58 bits per heavy atom. The molecule has 0 saturated heterocycles. The summed E-state index contributed by atoms with van der Waals surface area (Å²) in [6.07, 6.45) is 1.50. The smallest absolute Gasteiger partial charge is 0.161 e. The van der Waals surface area contributed by atoms with Gasteiger partial charge in [-0.3, -0.25) is 4.79 Å². The monoisotopic (exact) mass is 205 g/mol. The molecule has 1 aromatic heterocycles. The Morgan fingerprint density at radius 3 is 2.58 bits per heavy atom. The minimum Gasteiger partial charge on any atom is -0.294 e. The summed E-state index contributed by atoms with van der Waals surface area (Å²) in [5, 5.41) is 0.424. The van der Waals surface area contributed by atoms with Gasteiger partial charge in [0.1, 0.15) is 5.15 Å². The van der Waals surface area contributed by atoms with Crippen molar-refractivity contribution in [2.24, 2.45) is 0 Å². The fraction of sp³-hybridized carbons (Fsp3) is 0.250. The zero-order valence-corrected chi connectivity index (χ0v) is 8.37. The van der Waals surface area contributed by atoms with Crippen LogP contribution in [0.4, 0.5) is 0 Å². The van der Waals surface area contributed by atoms with Crippen molar-refractivity contribution in [2.45, 2.75) is 13.8 Å². The van der Waals surface area contributed by atoms with Crippen molar-refractivity contribution in [3.8, 4) is 0 Å². The highest BCUT2D eigenvalue weighted by molar-refractivity contribution is 6.29. The summed E-state index contributed by atoms with van der Waals surface area (Å²) in [6.45, 7) is 3.35. The number of hydrogen-bond donors (Lipinski definition) is 0. The van der Waals surface area contributed by atoms with Gasteiger partial charge in [0.05, 0.1) is 0 Å². The van der Waals surface area contributed by atoms with Gasteiger partial charge in [0.15, 0.2) is 5.78 Å². The van der Waals surface area contributed by atoms with Crippen LogP contribution < -0.4 is 0 Å². The molecule has 0 spiro atoms. The van der Waals surface area contributed by atoms with E-state index in [0.29, 0.717) is 10.7 Å². The molecular formula is C8H9Cl2NO. The zero-order chi connectivity index (χ0) is 8.43. The number of aryl methyl sites for hydroxylation is 1. The summed E-state index contributed by atoms with van der Waals surface area (Å²) < 4.78 is 0. The van der Waals surface area contributed by atoms with E-state index in [1.54, 1.807) is 6.07 Å². The van der Waals surface area contributed by atoms with Gasteiger partial charge in [-0.25, -0.2) is 4.98 Å². The van der Waals surface area contributed by atoms with Crippen molar-refractivity contribution in [3.05, 3.63) is 28.5 Å². The Morgan fingerprint density at radius 2 is 2.17 bits per heavy atom. The number of carbonyl (C=O) groups excluding carboxylic acids is 1. The number of aromatic nitrogens is 1.